The number of nitrogens with one attached hydrogen (secondary N) is 2. The van der Waals surface area contributed by atoms with Gasteiger partial charge in [-0.1, -0.05) is 136 Å². The van der Waals surface area contributed by atoms with Gasteiger partial charge >= 0.3 is 0 Å². The third-order valence-corrected chi connectivity index (χ3v) is 10.8. The molecule has 55 heavy (non-hydrogen) atoms. The molecule has 268 valence electrons. The quantitative estimate of drug-likeness (QED) is 0.187. The third kappa shape index (κ3) is 6.44. The molecule has 8 bridgehead atoms. The second kappa shape index (κ2) is 13.7. The lowest BCUT2D eigenvalue weighted by atomic mass is 9.86. The van der Waals surface area contributed by atoms with Crippen molar-refractivity contribution in [2.45, 2.75) is 46.5 Å². The van der Waals surface area contributed by atoms with E-state index in [9.17, 15) is 0 Å². The van der Waals surface area contributed by atoms with E-state index in [1.54, 1.807) is 0 Å². The van der Waals surface area contributed by atoms with Crippen LogP contribution in [0.15, 0.2) is 127 Å². The van der Waals surface area contributed by atoms with Crippen molar-refractivity contribution in [1.82, 2.24) is 19.9 Å². The fraction of sp³-hybridized carbons (Fsp3) is 0.137. The zero-order valence-corrected chi connectivity index (χ0v) is 32.0. The van der Waals surface area contributed by atoms with Gasteiger partial charge in [-0.2, -0.15) is 0 Å². The topological polar surface area (TPSA) is 57.4 Å². The van der Waals surface area contributed by atoms with Crippen LogP contribution in [0.3, 0.4) is 0 Å². The first-order valence-corrected chi connectivity index (χ1v) is 19.2. The Morgan fingerprint density at radius 1 is 0.436 bits per heavy atom. The van der Waals surface area contributed by atoms with Gasteiger partial charge in [0.25, 0.3) is 0 Å². The van der Waals surface area contributed by atoms with Gasteiger partial charge in [0.2, 0.25) is 0 Å². The number of aryl methyl sites for hydroxylation is 2. The van der Waals surface area contributed by atoms with Crippen molar-refractivity contribution < 1.29 is 0 Å². The summed E-state index contributed by atoms with van der Waals surface area (Å²) in [6, 6.07) is 45.9. The van der Waals surface area contributed by atoms with E-state index in [1.807, 2.05) is 0 Å². The lowest BCUT2D eigenvalue weighted by Crippen LogP contribution is -2.10. The van der Waals surface area contributed by atoms with Gasteiger partial charge in [0.05, 0.1) is 22.8 Å². The number of aromatic amines is 2. The number of hydrogen-bond acceptors (Lipinski definition) is 2. The van der Waals surface area contributed by atoms with E-state index in [-0.39, 0.29) is 5.41 Å². The number of benzene rings is 4. The Labute approximate surface area is 323 Å². The Morgan fingerprint density at radius 3 is 1.18 bits per heavy atom. The summed E-state index contributed by atoms with van der Waals surface area (Å²) in [6.07, 6.45) is 9.63. The maximum absolute atomic E-state index is 5.46. The number of hydrogen-bond donors (Lipinski definition) is 2. The molecule has 0 aliphatic carbocycles. The van der Waals surface area contributed by atoms with Crippen LogP contribution in [0.2, 0.25) is 0 Å². The normalized spacial score (nSPS) is 12.4. The van der Waals surface area contributed by atoms with Crippen molar-refractivity contribution in [1.29, 1.82) is 0 Å². The summed E-state index contributed by atoms with van der Waals surface area (Å²) in [4.78, 5) is 18.6. The second-order valence-electron chi connectivity index (χ2n) is 15.6. The minimum Gasteiger partial charge on any atom is -0.354 e. The van der Waals surface area contributed by atoms with Gasteiger partial charge in [-0.05, 0) is 101 Å². The monoisotopic (exact) mass is 712 g/mol. The van der Waals surface area contributed by atoms with Gasteiger partial charge in [-0.25, -0.2) is 9.97 Å². The zero-order valence-electron chi connectivity index (χ0n) is 32.0. The van der Waals surface area contributed by atoms with Crippen LogP contribution < -0.4 is 0 Å². The summed E-state index contributed by atoms with van der Waals surface area (Å²) >= 11 is 0. The Morgan fingerprint density at radius 2 is 0.800 bits per heavy atom. The van der Waals surface area contributed by atoms with Gasteiger partial charge < -0.3 is 9.97 Å². The van der Waals surface area contributed by atoms with Crippen LogP contribution in [0, 0.1) is 6.92 Å². The maximum Gasteiger partial charge on any atom is 0.0737 e. The summed E-state index contributed by atoms with van der Waals surface area (Å²) in [5.74, 6) is 0. The lowest BCUT2D eigenvalue weighted by Gasteiger charge is -2.19. The molecule has 0 radical (unpaired) electrons. The molecule has 5 heterocycles. The van der Waals surface area contributed by atoms with Gasteiger partial charge in [-0.15, -0.1) is 0 Å². The van der Waals surface area contributed by atoms with E-state index in [2.05, 4.69) is 196 Å². The highest BCUT2D eigenvalue weighted by molar-refractivity contribution is 5.99. The Balaban J connectivity index is 1.44. The molecule has 2 N–H and O–H groups in total. The standard InChI is InChI=1S/C51H44N4/c1-6-33-14-18-36(19-15-33)49-43-27-25-40(53-43)47(34-10-8-7-9-11-34)39-24-26-41(52-39)48(35-16-12-32(2)13-17-35)42-28-30-45(54-42)50(46-31-29-44(49)55-46)37-20-22-38(23-21-37)51(3,4)5/h7-31,52,55H,6H2,1-5H3. The van der Waals surface area contributed by atoms with Gasteiger partial charge in [0.15, 0.2) is 0 Å². The van der Waals surface area contributed by atoms with E-state index in [1.165, 1.54) is 16.7 Å². The molecular weight excluding hydrogens is 669 g/mol. The van der Waals surface area contributed by atoms with Crippen molar-refractivity contribution in [2.24, 2.45) is 0 Å². The number of aromatic nitrogens is 4. The average molecular weight is 713 g/mol. The predicted octanol–water partition coefficient (Wildman–Crippen LogP) is 13.5. The molecule has 2 aliphatic heterocycles. The Bertz CT molecular complexity index is 2790. The fourth-order valence-electron chi connectivity index (χ4n) is 7.79. The number of fused-ring (bicyclic) bond motifs is 8. The van der Waals surface area contributed by atoms with Crippen LogP contribution in [-0.4, -0.2) is 19.9 Å². The first-order chi connectivity index (χ1) is 26.7. The molecule has 0 atom stereocenters. The van der Waals surface area contributed by atoms with Crippen LogP contribution in [0.4, 0.5) is 0 Å². The highest BCUT2D eigenvalue weighted by Crippen LogP contribution is 2.39. The molecule has 4 nitrogen and oxygen atoms in total. The van der Waals surface area contributed by atoms with Gasteiger partial charge in [0.1, 0.15) is 0 Å². The third-order valence-electron chi connectivity index (χ3n) is 10.8. The van der Waals surface area contributed by atoms with Crippen molar-refractivity contribution in [3.05, 3.63) is 167 Å². The highest BCUT2D eigenvalue weighted by atomic mass is 14.8. The van der Waals surface area contributed by atoms with Crippen molar-refractivity contribution in [3.63, 3.8) is 0 Å². The molecule has 0 saturated carbocycles. The summed E-state index contributed by atoms with van der Waals surface area (Å²) in [5, 5.41) is 0. The molecule has 0 unspecified atom stereocenters. The SMILES string of the molecule is CCc1ccc(-c2c3nc(c(-c4ccccc4)c4ccc([nH]4)c(-c4ccc(C)cc4)c4nc(c(-c5ccc(C(C)(C)C)cc5)c5ccc2[nH]5)C=C4)C=C3)cc1. The van der Waals surface area contributed by atoms with Crippen molar-refractivity contribution in [2.75, 3.05) is 0 Å². The van der Waals surface area contributed by atoms with Crippen LogP contribution in [0.1, 0.15) is 67.2 Å². The van der Waals surface area contributed by atoms with E-state index < -0.39 is 0 Å². The first kappa shape index (κ1) is 34.3. The smallest absolute Gasteiger partial charge is 0.0737 e. The molecule has 7 aromatic rings. The van der Waals surface area contributed by atoms with Gasteiger partial charge in [0, 0.05) is 44.3 Å². The minimum absolute atomic E-state index is 0.0438. The number of rotatable bonds is 5. The van der Waals surface area contributed by atoms with Crippen LogP contribution in [0.5, 0.6) is 0 Å². The summed E-state index contributed by atoms with van der Waals surface area (Å²) < 4.78 is 0. The number of H-pyrrole nitrogens is 2. The predicted molar refractivity (Wildman–Crippen MR) is 233 cm³/mol. The Kier molecular flexibility index (Phi) is 8.54. The van der Waals surface area contributed by atoms with Gasteiger partial charge in [-0.3, -0.25) is 0 Å². The fourth-order valence-corrected chi connectivity index (χ4v) is 7.79. The molecule has 0 saturated heterocycles. The summed E-state index contributed by atoms with van der Waals surface area (Å²) in [7, 11) is 0. The van der Waals surface area contributed by atoms with E-state index in [4.69, 9.17) is 9.97 Å². The van der Waals surface area contributed by atoms with Crippen molar-refractivity contribution in [3.8, 4) is 44.5 Å². The molecule has 0 spiro atoms. The van der Waals surface area contributed by atoms with E-state index in [0.29, 0.717) is 0 Å². The molecule has 2 aliphatic rings. The number of nitrogens with zero attached hydrogens (tertiary/aromatic N) is 2. The molecule has 9 rings (SSSR count). The molecule has 0 amide bonds. The van der Waals surface area contributed by atoms with Crippen LogP contribution >= 0.6 is 0 Å². The van der Waals surface area contributed by atoms with E-state index in [0.717, 1.165) is 95.8 Å². The van der Waals surface area contributed by atoms with E-state index >= 15 is 0 Å². The largest absolute Gasteiger partial charge is 0.354 e. The second-order valence-corrected chi connectivity index (χ2v) is 15.6. The lowest BCUT2D eigenvalue weighted by molar-refractivity contribution is 0.590. The summed E-state index contributed by atoms with van der Waals surface area (Å²) in [5.41, 5.74) is 20.1. The van der Waals surface area contributed by atoms with Crippen LogP contribution in [0.25, 0.3) is 90.9 Å². The maximum atomic E-state index is 5.46. The molecule has 3 aromatic heterocycles. The molecular formula is C51H44N4. The summed E-state index contributed by atoms with van der Waals surface area (Å²) in [6.45, 7) is 11.1. The first-order valence-electron chi connectivity index (χ1n) is 19.2. The Hall–Kier alpha value is -6.52. The average Bonchev–Trinajstić information content (AvgIpc) is 4.04. The van der Waals surface area contributed by atoms with Crippen LogP contribution in [-0.2, 0) is 11.8 Å². The van der Waals surface area contributed by atoms with Crippen molar-refractivity contribution >= 4 is 46.4 Å². The minimum atomic E-state index is 0.0438. The molecule has 4 aromatic carbocycles. The molecule has 0 fully saturated rings. The zero-order chi connectivity index (χ0) is 37.7. The highest BCUT2D eigenvalue weighted by Gasteiger charge is 2.20. The molecule has 4 heteroatoms.